The van der Waals surface area contributed by atoms with Crippen molar-refractivity contribution in [3.63, 3.8) is 0 Å². The van der Waals surface area contributed by atoms with Crippen LogP contribution in [-0.4, -0.2) is 10.9 Å². The van der Waals surface area contributed by atoms with Crippen molar-refractivity contribution in [2.45, 2.75) is 20.3 Å². The Bertz CT molecular complexity index is 611. The molecular formula is C12H15ClN4OS. The van der Waals surface area contributed by atoms with E-state index in [1.165, 1.54) is 11.3 Å². The molecule has 19 heavy (non-hydrogen) atoms. The number of aromatic nitrogens is 1. The first-order chi connectivity index (χ1) is 8.99. The normalized spacial score (nSPS) is 11.0. The van der Waals surface area contributed by atoms with Crippen LogP contribution in [-0.2, 0) is 4.79 Å². The molecule has 7 heteroatoms. The van der Waals surface area contributed by atoms with Crippen LogP contribution in [0, 0.1) is 5.92 Å². The van der Waals surface area contributed by atoms with Gasteiger partial charge in [-0.2, -0.15) is 0 Å². The average Bonchev–Trinajstić information content (AvgIpc) is 2.71. The molecule has 0 saturated heterocycles. The molecule has 2 aromatic rings. The van der Waals surface area contributed by atoms with E-state index < -0.39 is 0 Å². The van der Waals surface area contributed by atoms with E-state index >= 15 is 0 Å². The highest BCUT2D eigenvalue weighted by Crippen LogP contribution is 2.33. The SMILES string of the molecule is CC(C)CC(=O)Nc1cc(Cl)c2nc(NN)sc2c1. The van der Waals surface area contributed by atoms with Gasteiger partial charge in [0.15, 0.2) is 5.13 Å². The minimum Gasteiger partial charge on any atom is -0.326 e. The lowest BCUT2D eigenvalue weighted by Gasteiger charge is -2.07. The predicted octanol–water partition coefficient (Wildman–Crippen LogP) is 3.22. The minimum absolute atomic E-state index is 0.0212. The second-order valence-corrected chi connectivity index (χ2v) is 6.05. The second kappa shape index (κ2) is 5.73. The third-order valence-corrected chi connectivity index (χ3v) is 3.67. The Morgan fingerprint density at radius 1 is 1.53 bits per heavy atom. The predicted molar refractivity (Wildman–Crippen MR) is 80.5 cm³/mol. The van der Waals surface area contributed by atoms with Crippen molar-refractivity contribution in [2.75, 3.05) is 10.7 Å². The summed E-state index contributed by atoms with van der Waals surface area (Å²) in [5.41, 5.74) is 3.85. The third kappa shape index (κ3) is 3.34. The fourth-order valence-electron chi connectivity index (χ4n) is 1.71. The van der Waals surface area contributed by atoms with Crippen LogP contribution in [0.3, 0.4) is 0 Å². The molecule has 1 heterocycles. The zero-order chi connectivity index (χ0) is 14.0. The highest BCUT2D eigenvalue weighted by atomic mass is 35.5. The number of hydrogen-bond acceptors (Lipinski definition) is 5. The zero-order valence-corrected chi connectivity index (χ0v) is 12.2. The molecule has 0 aliphatic heterocycles. The summed E-state index contributed by atoms with van der Waals surface area (Å²) in [4.78, 5) is 16.0. The summed E-state index contributed by atoms with van der Waals surface area (Å²) >= 11 is 7.53. The Labute approximate surface area is 120 Å². The molecule has 0 spiro atoms. The smallest absolute Gasteiger partial charge is 0.224 e. The van der Waals surface area contributed by atoms with E-state index in [0.717, 1.165) is 4.70 Å². The van der Waals surface area contributed by atoms with Gasteiger partial charge >= 0.3 is 0 Å². The number of hydrogen-bond donors (Lipinski definition) is 3. The molecule has 1 aromatic carbocycles. The van der Waals surface area contributed by atoms with Crippen LogP contribution < -0.4 is 16.6 Å². The molecule has 2 rings (SSSR count). The van der Waals surface area contributed by atoms with Crippen molar-refractivity contribution < 1.29 is 4.79 Å². The maximum Gasteiger partial charge on any atom is 0.224 e. The van der Waals surface area contributed by atoms with Gasteiger partial charge in [-0.1, -0.05) is 36.8 Å². The number of rotatable bonds is 4. The van der Waals surface area contributed by atoms with E-state index in [-0.39, 0.29) is 5.91 Å². The fourth-order valence-corrected chi connectivity index (χ4v) is 2.87. The standard InChI is InChI=1S/C12H15ClN4OS/c1-6(2)3-10(18)15-7-4-8(13)11-9(5-7)19-12(16-11)17-14/h4-6H,3,14H2,1-2H3,(H,15,18)(H,16,17). The Balaban J connectivity index is 2.27. The van der Waals surface area contributed by atoms with Crippen LogP contribution in [0.25, 0.3) is 10.2 Å². The lowest BCUT2D eigenvalue weighted by molar-refractivity contribution is -0.116. The monoisotopic (exact) mass is 298 g/mol. The van der Waals surface area contributed by atoms with Gasteiger partial charge in [-0.15, -0.1) is 0 Å². The number of thiazole rings is 1. The number of benzene rings is 1. The zero-order valence-electron chi connectivity index (χ0n) is 10.7. The maximum absolute atomic E-state index is 11.7. The summed E-state index contributed by atoms with van der Waals surface area (Å²) in [5.74, 6) is 5.62. The first-order valence-corrected chi connectivity index (χ1v) is 7.05. The van der Waals surface area contributed by atoms with Crippen molar-refractivity contribution in [2.24, 2.45) is 11.8 Å². The number of hydrazine groups is 1. The van der Waals surface area contributed by atoms with Crippen LogP contribution in [0.2, 0.25) is 5.02 Å². The first-order valence-electron chi connectivity index (χ1n) is 5.86. The van der Waals surface area contributed by atoms with Crippen molar-refractivity contribution in [3.8, 4) is 0 Å². The third-order valence-electron chi connectivity index (χ3n) is 2.45. The Hall–Kier alpha value is -1.37. The van der Waals surface area contributed by atoms with Crippen LogP contribution in [0.5, 0.6) is 0 Å². The topological polar surface area (TPSA) is 80.0 Å². The molecule has 5 nitrogen and oxygen atoms in total. The fraction of sp³-hybridized carbons (Fsp3) is 0.333. The van der Waals surface area contributed by atoms with Gasteiger partial charge in [-0.25, -0.2) is 10.8 Å². The minimum atomic E-state index is -0.0212. The number of nitrogens with zero attached hydrogens (tertiary/aromatic N) is 1. The van der Waals surface area contributed by atoms with Crippen LogP contribution in [0.4, 0.5) is 10.8 Å². The van der Waals surface area contributed by atoms with Crippen LogP contribution in [0.1, 0.15) is 20.3 Å². The highest BCUT2D eigenvalue weighted by molar-refractivity contribution is 7.22. The number of carbonyl (C=O) groups excluding carboxylic acids is 1. The van der Waals surface area contributed by atoms with E-state index in [2.05, 4.69) is 15.7 Å². The molecule has 0 aliphatic carbocycles. The molecule has 0 saturated carbocycles. The van der Waals surface area contributed by atoms with Gasteiger partial charge in [0.1, 0.15) is 5.52 Å². The van der Waals surface area contributed by atoms with Gasteiger partial charge in [0.2, 0.25) is 5.91 Å². The molecule has 4 N–H and O–H groups in total. The van der Waals surface area contributed by atoms with E-state index in [1.807, 2.05) is 19.9 Å². The highest BCUT2D eigenvalue weighted by Gasteiger charge is 2.11. The van der Waals surface area contributed by atoms with Gasteiger partial charge in [0.05, 0.1) is 9.72 Å². The molecule has 102 valence electrons. The molecule has 0 unspecified atom stereocenters. The number of nitrogen functional groups attached to an aromatic ring is 1. The Morgan fingerprint density at radius 2 is 2.26 bits per heavy atom. The number of halogens is 1. The van der Waals surface area contributed by atoms with Crippen LogP contribution >= 0.6 is 22.9 Å². The number of nitrogens with two attached hydrogens (primary N) is 1. The van der Waals surface area contributed by atoms with E-state index in [4.69, 9.17) is 17.4 Å². The van der Waals surface area contributed by atoms with Crippen LogP contribution in [0.15, 0.2) is 12.1 Å². The Morgan fingerprint density at radius 3 is 2.89 bits per heavy atom. The number of carbonyl (C=O) groups is 1. The summed E-state index contributed by atoms with van der Waals surface area (Å²) in [6.45, 7) is 4.00. The summed E-state index contributed by atoms with van der Waals surface area (Å²) in [6, 6.07) is 3.54. The largest absolute Gasteiger partial charge is 0.326 e. The lowest BCUT2D eigenvalue weighted by Crippen LogP contribution is -2.13. The molecule has 0 atom stereocenters. The van der Waals surface area contributed by atoms with Gasteiger partial charge in [0.25, 0.3) is 0 Å². The molecule has 0 bridgehead atoms. The molecule has 1 aromatic heterocycles. The second-order valence-electron chi connectivity index (χ2n) is 4.61. The molecule has 0 aliphatic rings. The molecule has 0 fully saturated rings. The molecule has 1 amide bonds. The van der Waals surface area contributed by atoms with Crippen molar-refractivity contribution >= 4 is 49.9 Å². The van der Waals surface area contributed by atoms with Crippen molar-refractivity contribution in [3.05, 3.63) is 17.2 Å². The number of anilines is 2. The number of amides is 1. The average molecular weight is 299 g/mol. The summed E-state index contributed by atoms with van der Waals surface area (Å²) < 4.78 is 0.875. The summed E-state index contributed by atoms with van der Waals surface area (Å²) in [7, 11) is 0. The van der Waals surface area contributed by atoms with E-state index in [0.29, 0.717) is 33.7 Å². The molecule has 0 radical (unpaired) electrons. The molecular weight excluding hydrogens is 284 g/mol. The van der Waals surface area contributed by atoms with E-state index in [9.17, 15) is 4.79 Å². The van der Waals surface area contributed by atoms with Gasteiger partial charge in [-0.05, 0) is 18.1 Å². The van der Waals surface area contributed by atoms with Gasteiger partial charge in [-0.3, -0.25) is 10.2 Å². The number of nitrogens with one attached hydrogen (secondary N) is 2. The van der Waals surface area contributed by atoms with Gasteiger partial charge in [0, 0.05) is 12.1 Å². The summed E-state index contributed by atoms with van der Waals surface area (Å²) in [5, 5.41) is 3.92. The van der Waals surface area contributed by atoms with Gasteiger partial charge < -0.3 is 5.32 Å². The summed E-state index contributed by atoms with van der Waals surface area (Å²) in [6.07, 6.45) is 0.480. The van der Waals surface area contributed by atoms with Crippen molar-refractivity contribution in [1.82, 2.24) is 4.98 Å². The van der Waals surface area contributed by atoms with Crippen molar-refractivity contribution in [1.29, 1.82) is 0 Å². The first kappa shape index (κ1) is 14.0. The maximum atomic E-state index is 11.7. The quantitative estimate of drug-likeness (QED) is 0.598. The lowest BCUT2D eigenvalue weighted by atomic mass is 10.1. The Kier molecular flexibility index (Phi) is 4.24. The van der Waals surface area contributed by atoms with E-state index in [1.54, 1.807) is 6.07 Å². The number of fused-ring (bicyclic) bond motifs is 1.